The van der Waals surface area contributed by atoms with E-state index in [4.69, 9.17) is 21.1 Å². The molecule has 7 heteroatoms. The standard InChI is InChI=1S/C18H19ClO5S/c1-2-12-23-15-5-7-16(8-6-15)24-18(20)11-13-25(21,22)17-9-3-14(19)4-10-17/h3-10H,2,11-13H2,1H3. The molecule has 0 unspecified atom stereocenters. The average Bonchev–Trinajstić information content (AvgIpc) is 2.60. The van der Waals surface area contributed by atoms with Crippen LogP contribution in [0.2, 0.25) is 5.02 Å². The Labute approximate surface area is 152 Å². The lowest BCUT2D eigenvalue weighted by molar-refractivity contribution is -0.133. The summed E-state index contributed by atoms with van der Waals surface area (Å²) in [6.07, 6.45) is 0.665. The topological polar surface area (TPSA) is 69.7 Å². The van der Waals surface area contributed by atoms with Gasteiger partial charge in [0.15, 0.2) is 9.84 Å². The van der Waals surface area contributed by atoms with Gasteiger partial charge in [-0.05, 0) is 55.0 Å². The van der Waals surface area contributed by atoms with Gasteiger partial charge in [0.25, 0.3) is 0 Å². The van der Waals surface area contributed by atoms with Crippen molar-refractivity contribution in [3.05, 3.63) is 53.6 Å². The number of benzene rings is 2. The summed E-state index contributed by atoms with van der Waals surface area (Å²) in [7, 11) is -3.56. The van der Waals surface area contributed by atoms with Crippen LogP contribution in [0.15, 0.2) is 53.4 Å². The van der Waals surface area contributed by atoms with E-state index in [0.29, 0.717) is 23.1 Å². The van der Waals surface area contributed by atoms with Gasteiger partial charge in [-0.3, -0.25) is 4.79 Å². The largest absolute Gasteiger partial charge is 0.494 e. The first-order chi connectivity index (χ1) is 11.9. The lowest BCUT2D eigenvalue weighted by atomic mass is 10.3. The van der Waals surface area contributed by atoms with Gasteiger partial charge in [-0.1, -0.05) is 18.5 Å². The molecule has 2 aromatic carbocycles. The zero-order valence-electron chi connectivity index (χ0n) is 13.8. The average molecular weight is 383 g/mol. The monoisotopic (exact) mass is 382 g/mol. The molecular formula is C18H19ClO5S. The van der Waals surface area contributed by atoms with Gasteiger partial charge in [0.1, 0.15) is 11.5 Å². The molecule has 0 aliphatic carbocycles. The lowest BCUT2D eigenvalue weighted by Gasteiger charge is -2.07. The van der Waals surface area contributed by atoms with Crippen molar-refractivity contribution >= 4 is 27.4 Å². The summed E-state index contributed by atoms with van der Waals surface area (Å²) < 4.78 is 34.9. The Hall–Kier alpha value is -2.05. The molecule has 5 nitrogen and oxygen atoms in total. The summed E-state index contributed by atoms with van der Waals surface area (Å²) in [5.41, 5.74) is 0. The van der Waals surface area contributed by atoms with Gasteiger partial charge in [0.05, 0.1) is 23.7 Å². The Morgan fingerprint density at radius 1 is 1.00 bits per heavy atom. The van der Waals surface area contributed by atoms with Crippen molar-refractivity contribution in [3.8, 4) is 11.5 Å². The molecule has 0 N–H and O–H groups in total. The van der Waals surface area contributed by atoms with Crippen LogP contribution in [0.3, 0.4) is 0 Å². The zero-order chi connectivity index (χ0) is 18.3. The highest BCUT2D eigenvalue weighted by atomic mass is 35.5. The van der Waals surface area contributed by atoms with Crippen molar-refractivity contribution in [2.75, 3.05) is 12.4 Å². The molecule has 0 aliphatic rings. The van der Waals surface area contributed by atoms with E-state index < -0.39 is 15.8 Å². The molecule has 0 fully saturated rings. The second-order valence-electron chi connectivity index (χ2n) is 5.32. The molecule has 0 saturated heterocycles. The van der Waals surface area contributed by atoms with E-state index in [1.807, 2.05) is 6.92 Å². The van der Waals surface area contributed by atoms with Crippen LogP contribution >= 0.6 is 11.6 Å². The van der Waals surface area contributed by atoms with Gasteiger partial charge < -0.3 is 9.47 Å². The van der Waals surface area contributed by atoms with Crippen LogP contribution < -0.4 is 9.47 Å². The molecule has 0 aliphatic heterocycles. The number of sulfone groups is 1. The quantitative estimate of drug-likeness (QED) is 0.511. The number of halogens is 1. The molecule has 0 atom stereocenters. The minimum absolute atomic E-state index is 0.127. The van der Waals surface area contributed by atoms with Gasteiger partial charge in [-0.2, -0.15) is 0 Å². The van der Waals surface area contributed by atoms with Crippen molar-refractivity contribution in [3.63, 3.8) is 0 Å². The predicted octanol–water partition coefficient (Wildman–Crippen LogP) is 3.90. The van der Waals surface area contributed by atoms with Crippen LogP contribution in [-0.4, -0.2) is 26.7 Å². The van der Waals surface area contributed by atoms with Crippen molar-refractivity contribution in [2.45, 2.75) is 24.7 Å². The number of carbonyl (C=O) groups excluding carboxylic acids is 1. The highest BCUT2D eigenvalue weighted by Gasteiger charge is 2.17. The fraction of sp³-hybridized carbons (Fsp3) is 0.278. The van der Waals surface area contributed by atoms with Gasteiger partial charge in [0, 0.05) is 5.02 Å². The molecule has 0 radical (unpaired) electrons. The first-order valence-electron chi connectivity index (χ1n) is 7.82. The SMILES string of the molecule is CCCOc1ccc(OC(=O)CCS(=O)(=O)c2ccc(Cl)cc2)cc1. The highest BCUT2D eigenvalue weighted by molar-refractivity contribution is 7.91. The normalized spacial score (nSPS) is 11.1. The fourth-order valence-corrected chi connectivity index (χ4v) is 3.33. The van der Waals surface area contributed by atoms with Crippen molar-refractivity contribution in [2.24, 2.45) is 0 Å². The molecule has 0 heterocycles. The van der Waals surface area contributed by atoms with Crippen LogP contribution in [-0.2, 0) is 14.6 Å². The molecule has 134 valence electrons. The molecule has 0 saturated carbocycles. The van der Waals surface area contributed by atoms with E-state index in [1.165, 1.54) is 24.3 Å². The van der Waals surface area contributed by atoms with E-state index in [2.05, 4.69) is 0 Å². The third-order valence-corrected chi connectivity index (χ3v) is 5.26. The van der Waals surface area contributed by atoms with Crippen LogP contribution in [0.25, 0.3) is 0 Å². The van der Waals surface area contributed by atoms with Crippen molar-refractivity contribution in [1.29, 1.82) is 0 Å². The fourth-order valence-electron chi connectivity index (χ4n) is 1.98. The Kier molecular flexibility index (Phi) is 6.84. The molecule has 2 aromatic rings. The molecule has 25 heavy (non-hydrogen) atoms. The maximum Gasteiger partial charge on any atom is 0.312 e. The predicted molar refractivity (Wildman–Crippen MR) is 96.0 cm³/mol. The maximum atomic E-state index is 12.2. The van der Waals surface area contributed by atoms with Crippen molar-refractivity contribution < 1.29 is 22.7 Å². The second-order valence-corrected chi connectivity index (χ2v) is 7.86. The molecule has 0 aromatic heterocycles. The van der Waals surface area contributed by atoms with Crippen molar-refractivity contribution in [1.82, 2.24) is 0 Å². The Bertz CT molecular complexity index is 798. The number of hydrogen-bond donors (Lipinski definition) is 0. The Morgan fingerprint density at radius 2 is 1.60 bits per heavy atom. The highest BCUT2D eigenvalue weighted by Crippen LogP contribution is 2.19. The maximum absolute atomic E-state index is 12.2. The minimum atomic E-state index is -3.56. The van der Waals surface area contributed by atoms with Crippen LogP contribution in [0.4, 0.5) is 0 Å². The van der Waals surface area contributed by atoms with E-state index in [9.17, 15) is 13.2 Å². The summed E-state index contributed by atoms with van der Waals surface area (Å²) in [6.45, 7) is 2.62. The van der Waals surface area contributed by atoms with Gasteiger partial charge >= 0.3 is 5.97 Å². The first-order valence-corrected chi connectivity index (χ1v) is 9.85. The Balaban J connectivity index is 1.88. The van der Waals surface area contributed by atoms with E-state index in [-0.39, 0.29) is 17.1 Å². The first kappa shape index (κ1) is 19.3. The third-order valence-electron chi connectivity index (χ3n) is 3.28. The van der Waals surface area contributed by atoms with Crippen LogP contribution in [0, 0.1) is 0 Å². The second kappa shape index (κ2) is 8.87. The minimum Gasteiger partial charge on any atom is -0.494 e. The van der Waals surface area contributed by atoms with Crippen LogP contribution in [0.1, 0.15) is 19.8 Å². The number of ether oxygens (including phenoxy) is 2. The number of carbonyl (C=O) groups is 1. The molecule has 0 bridgehead atoms. The summed E-state index contributed by atoms with van der Waals surface area (Å²) in [4.78, 5) is 12.0. The smallest absolute Gasteiger partial charge is 0.312 e. The van der Waals surface area contributed by atoms with Gasteiger partial charge in [0.2, 0.25) is 0 Å². The number of hydrogen-bond acceptors (Lipinski definition) is 5. The lowest BCUT2D eigenvalue weighted by Crippen LogP contribution is -2.15. The summed E-state index contributed by atoms with van der Waals surface area (Å²) in [5, 5.41) is 0.449. The summed E-state index contributed by atoms with van der Waals surface area (Å²) >= 11 is 5.74. The van der Waals surface area contributed by atoms with E-state index in [0.717, 1.165) is 6.42 Å². The summed E-state index contributed by atoms with van der Waals surface area (Å²) in [6, 6.07) is 12.4. The zero-order valence-corrected chi connectivity index (χ0v) is 15.3. The third kappa shape index (κ3) is 6.07. The van der Waals surface area contributed by atoms with Gasteiger partial charge in [-0.25, -0.2) is 8.42 Å². The van der Waals surface area contributed by atoms with Crippen LogP contribution in [0.5, 0.6) is 11.5 Å². The summed E-state index contributed by atoms with van der Waals surface area (Å²) in [5.74, 6) is 0.0926. The number of rotatable bonds is 8. The molecule has 0 amide bonds. The molecular weight excluding hydrogens is 364 g/mol. The number of esters is 1. The van der Waals surface area contributed by atoms with Gasteiger partial charge in [-0.15, -0.1) is 0 Å². The Morgan fingerprint density at radius 3 is 2.20 bits per heavy atom. The van der Waals surface area contributed by atoms with E-state index in [1.54, 1.807) is 24.3 Å². The molecule has 2 rings (SSSR count). The van der Waals surface area contributed by atoms with E-state index >= 15 is 0 Å². The molecule has 0 spiro atoms.